The van der Waals surface area contributed by atoms with E-state index in [1.54, 1.807) is 37.4 Å². The van der Waals surface area contributed by atoms with Gasteiger partial charge in [0.2, 0.25) is 11.8 Å². The van der Waals surface area contributed by atoms with Gasteiger partial charge in [0.25, 0.3) is 5.91 Å². The molecular formula is C25H32F3N5O5S. The van der Waals surface area contributed by atoms with Gasteiger partial charge >= 0.3 is 6.18 Å². The summed E-state index contributed by atoms with van der Waals surface area (Å²) >= 11 is 0. The van der Waals surface area contributed by atoms with Crippen molar-refractivity contribution in [2.45, 2.75) is 31.9 Å². The summed E-state index contributed by atoms with van der Waals surface area (Å²) in [5.74, 6) is -2.08. The van der Waals surface area contributed by atoms with Gasteiger partial charge < -0.3 is 15.5 Å². The number of alkyl halides is 3. The molecule has 1 saturated carbocycles. The third kappa shape index (κ3) is 8.53. The molecule has 2 aromatic rings. The number of rotatable bonds is 10. The van der Waals surface area contributed by atoms with Crippen LogP contribution in [0, 0.1) is 11.8 Å². The van der Waals surface area contributed by atoms with Gasteiger partial charge in [-0.05, 0) is 37.8 Å². The van der Waals surface area contributed by atoms with Crippen molar-refractivity contribution < 1.29 is 36.0 Å². The van der Waals surface area contributed by atoms with Gasteiger partial charge in [-0.25, -0.2) is 13.1 Å². The number of carbonyl (C=O) groups is 3. The van der Waals surface area contributed by atoms with E-state index in [4.69, 9.17) is 0 Å². The van der Waals surface area contributed by atoms with Crippen LogP contribution in [0.15, 0.2) is 36.5 Å². The molecule has 3 amide bonds. The van der Waals surface area contributed by atoms with Crippen LogP contribution in [0.3, 0.4) is 0 Å². The molecule has 3 rings (SSSR count). The molecule has 1 aromatic carbocycles. The molecule has 1 aliphatic rings. The van der Waals surface area contributed by atoms with Gasteiger partial charge in [-0.3, -0.25) is 14.4 Å². The molecule has 1 aliphatic carbocycles. The fraction of sp³-hybridized carbons (Fsp3) is 0.520. The number of benzene rings is 1. The second kappa shape index (κ2) is 12.6. The summed E-state index contributed by atoms with van der Waals surface area (Å²) in [6.07, 6.45) is -0.774. The van der Waals surface area contributed by atoms with Crippen molar-refractivity contribution in [2.24, 2.45) is 11.8 Å². The summed E-state index contributed by atoms with van der Waals surface area (Å²) in [6.45, 7) is 0.0461. The van der Waals surface area contributed by atoms with Gasteiger partial charge in [-0.1, -0.05) is 18.2 Å². The predicted octanol–water partition coefficient (Wildman–Crippen LogP) is 2.05. The van der Waals surface area contributed by atoms with E-state index in [-0.39, 0.29) is 49.0 Å². The van der Waals surface area contributed by atoms with Crippen molar-refractivity contribution in [2.75, 3.05) is 38.7 Å². The molecule has 0 saturated heterocycles. The lowest BCUT2D eigenvalue weighted by atomic mass is 9.81. The molecule has 0 radical (unpaired) electrons. The lowest BCUT2D eigenvalue weighted by Crippen LogP contribution is -2.41. The number of para-hydroxylation sites is 1. The number of sulfone groups is 1. The van der Waals surface area contributed by atoms with Gasteiger partial charge in [-0.15, -0.1) is 0 Å². The minimum atomic E-state index is -4.83. The number of nitrogens with one attached hydrogen (secondary N) is 2. The van der Waals surface area contributed by atoms with Crippen LogP contribution in [-0.2, 0) is 25.6 Å². The van der Waals surface area contributed by atoms with Gasteiger partial charge in [0.05, 0.1) is 17.0 Å². The molecule has 1 aromatic heterocycles. The molecule has 0 atom stereocenters. The van der Waals surface area contributed by atoms with Crippen LogP contribution in [0.5, 0.6) is 0 Å². The van der Waals surface area contributed by atoms with Gasteiger partial charge in [0, 0.05) is 51.0 Å². The highest BCUT2D eigenvalue weighted by atomic mass is 32.2. The Morgan fingerprint density at radius 2 is 1.62 bits per heavy atom. The molecule has 0 aliphatic heterocycles. The number of amides is 3. The van der Waals surface area contributed by atoms with E-state index in [1.807, 2.05) is 0 Å². The van der Waals surface area contributed by atoms with Crippen molar-refractivity contribution in [1.29, 1.82) is 0 Å². The second-order valence-electron chi connectivity index (χ2n) is 9.65. The van der Waals surface area contributed by atoms with E-state index in [9.17, 15) is 36.0 Å². The Kier molecular flexibility index (Phi) is 9.75. The third-order valence-electron chi connectivity index (χ3n) is 6.58. The quantitative estimate of drug-likeness (QED) is 0.420. The Morgan fingerprint density at radius 3 is 2.21 bits per heavy atom. The highest BCUT2D eigenvalue weighted by Gasteiger charge is 2.39. The van der Waals surface area contributed by atoms with Crippen LogP contribution in [-0.4, -0.2) is 79.5 Å². The number of aromatic nitrogens is 2. The van der Waals surface area contributed by atoms with Crippen LogP contribution in [0.25, 0.3) is 5.69 Å². The SMILES string of the molecule is CN(CCS(C)(=O)=O)C(=O)C1CCC(C(=O)NCCNC(=O)c2cn(-c3ccccc3)nc2C(F)(F)F)CC1. The Hall–Kier alpha value is -3.42. The van der Waals surface area contributed by atoms with Gasteiger partial charge in [0.1, 0.15) is 9.84 Å². The average molecular weight is 572 g/mol. The minimum absolute atomic E-state index is 0.0197. The first kappa shape index (κ1) is 30.1. The lowest BCUT2D eigenvalue weighted by molar-refractivity contribution is -0.141. The minimum Gasteiger partial charge on any atom is -0.354 e. The smallest absolute Gasteiger partial charge is 0.354 e. The molecule has 2 N–H and O–H groups in total. The summed E-state index contributed by atoms with van der Waals surface area (Å²) in [7, 11) is -1.62. The summed E-state index contributed by atoms with van der Waals surface area (Å²) in [4.78, 5) is 39.0. The first-order chi connectivity index (χ1) is 18.3. The van der Waals surface area contributed by atoms with E-state index < -0.39 is 33.2 Å². The third-order valence-corrected chi connectivity index (χ3v) is 7.50. The van der Waals surface area contributed by atoms with E-state index in [0.29, 0.717) is 31.4 Å². The molecule has 14 heteroatoms. The van der Waals surface area contributed by atoms with Crippen LogP contribution in [0.4, 0.5) is 13.2 Å². The number of hydrogen-bond donors (Lipinski definition) is 2. The van der Waals surface area contributed by atoms with Crippen LogP contribution in [0.1, 0.15) is 41.7 Å². The van der Waals surface area contributed by atoms with Crippen molar-refractivity contribution in [1.82, 2.24) is 25.3 Å². The van der Waals surface area contributed by atoms with E-state index in [2.05, 4.69) is 15.7 Å². The Labute approximate surface area is 224 Å². The number of nitrogens with zero attached hydrogens (tertiary/aromatic N) is 3. The summed E-state index contributed by atoms with van der Waals surface area (Å²) in [6, 6.07) is 8.10. The van der Waals surface area contributed by atoms with Crippen molar-refractivity contribution in [3.05, 3.63) is 47.8 Å². The Balaban J connectivity index is 1.45. The molecular weight excluding hydrogens is 539 g/mol. The molecule has 0 unspecified atom stereocenters. The van der Waals surface area contributed by atoms with Crippen LogP contribution >= 0.6 is 0 Å². The van der Waals surface area contributed by atoms with Gasteiger partial charge in [0.15, 0.2) is 5.69 Å². The first-order valence-corrected chi connectivity index (χ1v) is 14.5. The fourth-order valence-corrected chi connectivity index (χ4v) is 5.00. The van der Waals surface area contributed by atoms with E-state index in [1.165, 1.54) is 4.90 Å². The monoisotopic (exact) mass is 571 g/mol. The van der Waals surface area contributed by atoms with E-state index >= 15 is 0 Å². The highest BCUT2D eigenvalue weighted by Crippen LogP contribution is 2.32. The molecule has 0 bridgehead atoms. The Morgan fingerprint density at radius 1 is 1.03 bits per heavy atom. The molecule has 1 fully saturated rings. The standard InChI is InChI=1S/C25H32F3N5O5S/c1-32(14-15-39(2,37)38)24(36)18-10-8-17(9-11-18)22(34)29-12-13-30-23(35)20-16-33(19-6-4-3-5-7-19)31-21(20)25(26,27)28/h3-7,16-18H,8-15H2,1-2H3,(H,29,34)(H,30,35). The topological polar surface area (TPSA) is 130 Å². The second-order valence-corrected chi connectivity index (χ2v) is 11.9. The maximum Gasteiger partial charge on any atom is 0.435 e. The van der Waals surface area contributed by atoms with Crippen LogP contribution in [0.2, 0.25) is 0 Å². The largest absolute Gasteiger partial charge is 0.435 e. The summed E-state index contributed by atoms with van der Waals surface area (Å²) < 4.78 is 64.1. The molecule has 1 heterocycles. The van der Waals surface area contributed by atoms with Crippen molar-refractivity contribution in [3.63, 3.8) is 0 Å². The summed E-state index contributed by atoms with van der Waals surface area (Å²) in [5.41, 5.74) is -1.56. The fourth-order valence-electron chi connectivity index (χ4n) is 4.39. The average Bonchev–Trinajstić information content (AvgIpc) is 3.36. The number of halogens is 3. The van der Waals surface area contributed by atoms with E-state index in [0.717, 1.165) is 17.1 Å². The zero-order valence-electron chi connectivity index (χ0n) is 21.7. The lowest BCUT2D eigenvalue weighted by Gasteiger charge is -2.30. The molecule has 0 spiro atoms. The molecule has 214 valence electrons. The highest BCUT2D eigenvalue weighted by molar-refractivity contribution is 7.90. The first-order valence-electron chi connectivity index (χ1n) is 12.5. The maximum atomic E-state index is 13.5. The molecule has 10 nitrogen and oxygen atoms in total. The Bertz CT molecular complexity index is 1270. The van der Waals surface area contributed by atoms with Gasteiger partial charge in [-0.2, -0.15) is 18.3 Å². The number of hydrogen-bond acceptors (Lipinski definition) is 6. The predicted molar refractivity (Wildman–Crippen MR) is 137 cm³/mol. The zero-order chi connectivity index (χ0) is 28.8. The molecule has 39 heavy (non-hydrogen) atoms. The zero-order valence-corrected chi connectivity index (χ0v) is 22.5. The van der Waals surface area contributed by atoms with Crippen molar-refractivity contribution >= 4 is 27.6 Å². The van der Waals surface area contributed by atoms with Crippen molar-refractivity contribution in [3.8, 4) is 5.69 Å². The maximum absolute atomic E-state index is 13.5. The summed E-state index contributed by atoms with van der Waals surface area (Å²) in [5, 5.41) is 8.62. The van der Waals surface area contributed by atoms with Crippen LogP contribution < -0.4 is 10.6 Å². The normalized spacial score (nSPS) is 17.9. The number of carbonyl (C=O) groups excluding carboxylic acids is 3.